The molecule has 3 nitrogen and oxygen atoms in total. The molecular weight excluding hydrogens is 267 g/mol. The zero-order valence-corrected chi connectivity index (χ0v) is 11.8. The van der Waals surface area contributed by atoms with Crippen LogP contribution < -0.4 is 5.73 Å². The number of nitrogens with two attached hydrogens (primary N) is 1. The van der Waals surface area contributed by atoms with Crippen LogP contribution >= 0.6 is 12.4 Å². The van der Waals surface area contributed by atoms with Crippen molar-refractivity contribution in [1.29, 1.82) is 0 Å². The summed E-state index contributed by atoms with van der Waals surface area (Å²) in [6.45, 7) is 3.09. The lowest BCUT2D eigenvalue weighted by Gasteiger charge is -2.26. The summed E-state index contributed by atoms with van der Waals surface area (Å²) in [6, 6.07) is 6.39. The number of carbonyl (C=O) groups excluding carboxylic acids is 1. The Bertz CT molecular complexity index is 441. The van der Waals surface area contributed by atoms with Crippen molar-refractivity contribution < 1.29 is 9.18 Å². The quantitative estimate of drug-likeness (QED) is 0.927. The number of halogens is 2. The highest BCUT2D eigenvalue weighted by molar-refractivity contribution is 5.85. The highest BCUT2D eigenvalue weighted by Gasteiger charge is 2.30. The summed E-state index contributed by atoms with van der Waals surface area (Å²) in [6.07, 6.45) is 1.97. The fraction of sp³-hybridized carbons (Fsp3) is 0.500. The molecule has 5 heteroatoms. The molecule has 1 fully saturated rings. The minimum atomic E-state index is -0.312. The van der Waals surface area contributed by atoms with E-state index in [1.165, 1.54) is 12.1 Å². The summed E-state index contributed by atoms with van der Waals surface area (Å²) < 4.78 is 13.2. The zero-order chi connectivity index (χ0) is 13.1. The number of rotatable bonds is 3. The fourth-order valence-electron chi connectivity index (χ4n) is 2.54. The number of hydrogen-bond acceptors (Lipinski definition) is 2. The van der Waals surface area contributed by atoms with Gasteiger partial charge in [0, 0.05) is 19.1 Å². The van der Waals surface area contributed by atoms with Crippen LogP contribution in [-0.2, 0) is 4.79 Å². The van der Waals surface area contributed by atoms with Crippen LogP contribution in [0, 0.1) is 5.82 Å². The summed E-state index contributed by atoms with van der Waals surface area (Å²) >= 11 is 0. The molecule has 106 valence electrons. The van der Waals surface area contributed by atoms with Crippen molar-refractivity contribution in [3.63, 3.8) is 0 Å². The largest absolute Gasteiger partial charge is 0.338 e. The Morgan fingerprint density at radius 2 is 2.32 bits per heavy atom. The molecule has 2 N–H and O–H groups in total. The van der Waals surface area contributed by atoms with Crippen LogP contribution in [0.25, 0.3) is 0 Å². The summed E-state index contributed by atoms with van der Waals surface area (Å²) in [4.78, 5) is 14.2. The van der Waals surface area contributed by atoms with E-state index in [2.05, 4.69) is 0 Å². The maximum atomic E-state index is 13.2. The molecule has 0 aromatic heterocycles. The van der Waals surface area contributed by atoms with Gasteiger partial charge in [-0.25, -0.2) is 4.39 Å². The molecule has 1 amide bonds. The first-order valence-corrected chi connectivity index (χ1v) is 6.39. The predicted octanol–water partition coefficient (Wildman–Crippen LogP) is 2.30. The summed E-state index contributed by atoms with van der Waals surface area (Å²) in [5.41, 5.74) is 6.40. The van der Waals surface area contributed by atoms with E-state index in [-0.39, 0.29) is 36.1 Å². The van der Waals surface area contributed by atoms with Gasteiger partial charge in [0.1, 0.15) is 5.82 Å². The number of nitrogens with zero attached hydrogens (tertiary/aromatic N) is 1. The summed E-state index contributed by atoms with van der Waals surface area (Å²) in [5.74, 6) is -0.564. The van der Waals surface area contributed by atoms with Gasteiger partial charge in [-0.2, -0.15) is 0 Å². The van der Waals surface area contributed by atoms with Gasteiger partial charge in [-0.1, -0.05) is 12.1 Å². The molecular formula is C14H20ClFN2O. The molecule has 1 saturated heterocycles. The van der Waals surface area contributed by atoms with Crippen molar-refractivity contribution in [2.24, 2.45) is 5.73 Å². The van der Waals surface area contributed by atoms with Crippen molar-refractivity contribution in [2.75, 3.05) is 13.1 Å². The standard InChI is InChI=1S/C14H19FN2O.ClH/c1-10(11-4-2-5-12(15)8-11)14(18)17-7-3-6-13(17)9-16;/h2,4-5,8,10,13H,3,6-7,9,16H2,1H3;1H. The van der Waals surface area contributed by atoms with E-state index in [1.54, 1.807) is 12.1 Å². The number of hydrogen-bond donors (Lipinski definition) is 1. The van der Waals surface area contributed by atoms with Crippen LogP contribution in [0.4, 0.5) is 4.39 Å². The lowest BCUT2D eigenvalue weighted by Crippen LogP contribution is -2.41. The number of amides is 1. The van der Waals surface area contributed by atoms with Crippen LogP contribution in [0.1, 0.15) is 31.2 Å². The molecule has 0 aliphatic carbocycles. The molecule has 1 heterocycles. The van der Waals surface area contributed by atoms with Crippen molar-refractivity contribution in [3.8, 4) is 0 Å². The summed E-state index contributed by atoms with van der Waals surface area (Å²) in [5, 5.41) is 0. The lowest BCUT2D eigenvalue weighted by molar-refractivity contribution is -0.133. The van der Waals surface area contributed by atoms with E-state index >= 15 is 0 Å². The minimum Gasteiger partial charge on any atom is -0.338 e. The van der Waals surface area contributed by atoms with Gasteiger partial charge in [0.05, 0.1) is 5.92 Å². The first kappa shape index (κ1) is 15.9. The lowest BCUT2D eigenvalue weighted by atomic mass is 9.99. The van der Waals surface area contributed by atoms with Gasteiger partial charge >= 0.3 is 0 Å². The van der Waals surface area contributed by atoms with Gasteiger partial charge in [0.25, 0.3) is 0 Å². The van der Waals surface area contributed by atoms with Crippen molar-refractivity contribution in [1.82, 2.24) is 4.90 Å². The van der Waals surface area contributed by atoms with Crippen molar-refractivity contribution in [3.05, 3.63) is 35.6 Å². The number of benzene rings is 1. The third-order valence-electron chi connectivity index (χ3n) is 3.65. The normalized spacial score (nSPS) is 19.9. The molecule has 1 aliphatic heterocycles. The van der Waals surface area contributed by atoms with Crippen LogP contribution in [0.5, 0.6) is 0 Å². The first-order valence-electron chi connectivity index (χ1n) is 6.39. The smallest absolute Gasteiger partial charge is 0.230 e. The van der Waals surface area contributed by atoms with Gasteiger partial charge in [0.15, 0.2) is 0 Å². The molecule has 0 radical (unpaired) electrons. The van der Waals surface area contributed by atoms with Crippen LogP contribution in [0.2, 0.25) is 0 Å². The van der Waals surface area contributed by atoms with Crippen LogP contribution in [-0.4, -0.2) is 29.9 Å². The average Bonchev–Trinajstić information content (AvgIpc) is 2.85. The SMILES string of the molecule is CC(C(=O)N1CCCC1CN)c1cccc(F)c1.Cl. The average molecular weight is 287 g/mol. The molecule has 2 rings (SSSR count). The summed E-state index contributed by atoms with van der Waals surface area (Å²) in [7, 11) is 0. The molecule has 0 saturated carbocycles. The predicted molar refractivity (Wildman–Crippen MR) is 75.9 cm³/mol. The third kappa shape index (κ3) is 3.45. The van der Waals surface area contributed by atoms with Gasteiger partial charge in [-0.3, -0.25) is 4.79 Å². The van der Waals surface area contributed by atoms with E-state index in [0.717, 1.165) is 24.9 Å². The molecule has 2 unspecified atom stereocenters. The maximum absolute atomic E-state index is 13.2. The van der Waals surface area contributed by atoms with E-state index in [4.69, 9.17) is 5.73 Å². The Morgan fingerprint density at radius 1 is 1.58 bits per heavy atom. The third-order valence-corrected chi connectivity index (χ3v) is 3.65. The molecule has 19 heavy (non-hydrogen) atoms. The molecule has 2 atom stereocenters. The Labute approximate surface area is 119 Å². The molecule has 1 aromatic carbocycles. The Morgan fingerprint density at radius 3 is 2.95 bits per heavy atom. The second kappa shape index (κ2) is 6.87. The zero-order valence-electron chi connectivity index (χ0n) is 11.0. The monoisotopic (exact) mass is 286 g/mol. The molecule has 0 bridgehead atoms. The highest BCUT2D eigenvalue weighted by atomic mass is 35.5. The Kier molecular flexibility index (Phi) is 5.76. The first-order chi connectivity index (χ1) is 8.63. The van der Waals surface area contributed by atoms with Crippen molar-refractivity contribution >= 4 is 18.3 Å². The maximum Gasteiger partial charge on any atom is 0.230 e. The van der Waals surface area contributed by atoms with Gasteiger partial charge in [-0.05, 0) is 37.5 Å². The fourth-order valence-corrected chi connectivity index (χ4v) is 2.54. The topological polar surface area (TPSA) is 46.3 Å². The second-order valence-corrected chi connectivity index (χ2v) is 4.84. The number of likely N-dealkylation sites (tertiary alicyclic amines) is 1. The van der Waals surface area contributed by atoms with Crippen molar-refractivity contribution in [2.45, 2.75) is 31.7 Å². The van der Waals surface area contributed by atoms with Crippen LogP contribution in [0.15, 0.2) is 24.3 Å². The Balaban J connectivity index is 0.00000180. The van der Waals surface area contributed by atoms with Crippen LogP contribution in [0.3, 0.4) is 0 Å². The van der Waals surface area contributed by atoms with Gasteiger partial charge < -0.3 is 10.6 Å². The van der Waals surface area contributed by atoms with E-state index < -0.39 is 0 Å². The molecule has 1 aromatic rings. The van der Waals surface area contributed by atoms with E-state index in [9.17, 15) is 9.18 Å². The minimum absolute atomic E-state index is 0. The second-order valence-electron chi connectivity index (χ2n) is 4.84. The van der Waals surface area contributed by atoms with E-state index in [0.29, 0.717) is 6.54 Å². The highest BCUT2D eigenvalue weighted by Crippen LogP contribution is 2.24. The van der Waals surface area contributed by atoms with Gasteiger partial charge in [-0.15, -0.1) is 12.4 Å². The molecule has 0 spiro atoms. The molecule has 1 aliphatic rings. The van der Waals surface area contributed by atoms with Gasteiger partial charge in [0.2, 0.25) is 5.91 Å². The Hall–Kier alpha value is -1.13. The van der Waals surface area contributed by atoms with E-state index in [1.807, 2.05) is 11.8 Å². The number of carbonyl (C=O) groups is 1.